The van der Waals surface area contributed by atoms with Crippen molar-refractivity contribution in [2.75, 3.05) is 24.6 Å². The average Bonchev–Trinajstić information content (AvgIpc) is 2.83. The Morgan fingerprint density at radius 1 is 1.10 bits per heavy atom. The number of rotatable bonds is 2. The Morgan fingerprint density at radius 3 is 2.50 bits per heavy atom. The van der Waals surface area contributed by atoms with Gasteiger partial charge in [-0.25, -0.2) is 0 Å². The van der Waals surface area contributed by atoms with E-state index in [4.69, 9.17) is 0 Å². The van der Waals surface area contributed by atoms with E-state index in [2.05, 4.69) is 28.1 Å². The van der Waals surface area contributed by atoms with Gasteiger partial charge in [-0.2, -0.15) is 11.8 Å². The van der Waals surface area contributed by atoms with Crippen LogP contribution >= 0.6 is 23.1 Å². The Bertz CT molecular complexity index is 443. The van der Waals surface area contributed by atoms with Crippen LogP contribution in [0.1, 0.15) is 59.7 Å². The fourth-order valence-corrected chi connectivity index (χ4v) is 5.28. The third-order valence-corrected chi connectivity index (χ3v) is 6.53. The second-order valence-electron chi connectivity index (χ2n) is 5.83. The summed E-state index contributed by atoms with van der Waals surface area (Å²) in [7, 11) is 0. The molecule has 2 nitrogen and oxygen atoms in total. The van der Waals surface area contributed by atoms with Gasteiger partial charge in [0, 0.05) is 23.3 Å². The number of amides is 1. The van der Waals surface area contributed by atoms with Crippen molar-refractivity contribution in [3.05, 3.63) is 21.9 Å². The molecule has 0 bridgehead atoms. The summed E-state index contributed by atoms with van der Waals surface area (Å²) in [6.45, 7) is 1.90. The largest absolute Gasteiger partial charge is 0.339 e. The van der Waals surface area contributed by atoms with Crippen molar-refractivity contribution in [3.8, 4) is 0 Å². The van der Waals surface area contributed by atoms with Crippen molar-refractivity contribution in [1.29, 1.82) is 0 Å². The Kier molecular flexibility index (Phi) is 5.05. The van der Waals surface area contributed by atoms with Gasteiger partial charge in [-0.15, -0.1) is 11.3 Å². The van der Waals surface area contributed by atoms with Crippen molar-refractivity contribution in [1.82, 2.24) is 4.90 Å². The number of thiophene rings is 1. The van der Waals surface area contributed by atoms with Gasteiger partial charge in [0.25, 0.3) is 5.91 Å². The van der Waals surface area contributed by atoms with E-state index in [1.54, 1.807) is 11.3 Å². The summed E-state index contributed by atoms with van der Waals surface area (Å²) in [6.07, 6.45) is 7.45. The molecular formula is C16H23NOS2. The molecule has 4 heteroatoms. The molecule has 0 aromatic carbocycles. The first-order valence-corrected chi connectivity index (χ1v) is 9.83. The van der Waals surface area contributed by atoms with E-state index in [1.165, 1.54) is 54.9 Å². The van der Waals surface area contributed by atoms with Gasteiger partial charge in [0.2, 0.25) is 0 Å². The summed E-state index contributed by atoms with van der Waals surface area (Å²) in [5.74, 6) is 3.52. The van der Waals surface area contributed by atoms with E-state index in [0.29, 0.717) is 5.92 Å². The highest BCUT2D eigenvalue weighted by atomic mass is 32.2. The highest BCUT2D eigenvalue weighted by Gasteiger charge is 2.22. The molecule has 20 heavy (non-hydrogen) atoms. The van der Waals surface area contributed by atoms with Crippen LogP contribution < -0.4 is 0 Å². The number of thioether (sulfide) groups is 1. The van der Waals surface area contributed by atoms with Crippen molar-refractivity contribution in [3.63, 3.8) is 0 Å². The van der Waals surface area contributed by atoms with Gasteiger partial charge in [-0.1, -0.05) is 12.8 Å². The maximum atomic E-state index is 12.6. The van der Waals surface area contributed by atoms with E-state index in [1.807, 2.05) is 0 Å². The monoisotopic (exact) mass is 309 g/mol. The number of carbonyl (C=O) groups is 1. The van der Waals surface area contributed by atoms with Gasteiger partial charge in [0.05, 0.1) is 5.56 Å². The van der Waals surface area contributed by atoms with Crippen molar-refractivity contribution in [2.45, 2.75) is 44.4 Å². The van der Waals surface area contributed by atoms with Crippen LogP contribution in [0.15, 0.2) is 11.4 Å². The molecule has 2 aliphatic rings. The molecule has 0 aliphatic carbocycles. The van der Waals surface area contributed by atoms with E-state index >= 15 is 0 Å². The second-order valence-corrected chi connectivity index (χ2v) is 8.00. The second kappa shape index (κ2) is 6.99. The molecule has 0 radical (unpaired) electrons. The predicted octanol–water partition coefficient (Wildman–Crippen LogP) is 4.37. The standard InChI is InChI=1S/C16H23NOS2/c18-16(17-7-3-1-2-4-8-17)14-11-15(20-12-14)13-5-9-19-10-6-13/h11-13H,1-10H2. The number of nitrogens with zero attached hydrogens (tertiary/aromatic N) is 1. The Hall–Kier alpha value is -0.480. The summed E-state index contributed by atoms with van der Waals surface area (Å²) in [5.41, 5.74) is 0.935. The first-order chi connectivity index (χ1) is 9.84. The molecule has 0 unspecified atom stereocenters. The maximum Gasteiger partial charge on any atom is 0.254 e. The van der Waals surface area contributed by atoms with E-state index in [0.717, 1.165) is 18.7 Å². The van der Waals surface area contributed by atoms with Crippen LogP contribution in [0.5, 0.6) is 0 Å². The fourth-order valence-electron chi connectivity index (χ4n) is 3.12. The number of carbonyl (C=O) groups excluding carboxylic acids is 1. The predicted molar refractivity (Wildman–Crippen MR) is 88.0 cm³/mol. The van der Waals surface area contributed by atoms with Crippen molar-refractivity contribution < 1.29 is 4.79 Å². The fraction of sp³-hybridized carbons (Fsp3) is 0.688. The van der Waals surface area contributed by atoms with Crippen LogP contribution in [0, 0.1) is 0 Å². The minimum Gasteiger partial charge on any atom is -0.339 e. The lowest BCUT2D eigenvalue weighted by Crippen LogP contribution is -2.31. The molecule has 2 fully saturated rings. The molecule has 2 aliphatic heterocycles. The van der Waals surface area contributed by atoms with Gasteiger partial charge in [0.15, 0.2) is 0 Å². The van der Waals surface area contributed by atoms with Crippen LogP contribution in [0.2, 0.25) is 0 Å². The zero-order chi connectivity index (χ0) is 13.8. The Morgan fingerprint density at radius 2 is 1.80 bits per heavy atom. The maximum absolute atomic E-state index is 12.6. The molecule has 2 saturated heterocycles. The van der Waals surface area contributed by atoms with E-state index in [9.17, 15) is 4.79 Å². The van der Waals surface area contributed by atoms with Gasteiger partial charge < -0.3 is 4.90 Å². The highest BCUT2D eigenvalue weighted by molar-refractivity contribution is 7.99. The minimum atomic E-state index is 0.264. The lowest BCUT2D eigenvalue weighted by molar-refractivity contribution is 0.0762. The topological polar surface area (TPSA) is 20.3 Å². The normalized spacial score (nSPS) is 21.7. The number of hydrogen-bond donors (Lipinski definition) is 0. The molecule has 3 heterocycles. The molecule has 1 amide bonds. The van der Waals surface area contributed by atoms with Crippen molar-refractivity contribution in [2.24, 2.45) is 0 Å². The summed E-state index contributed by atoms with van der Waals surface area (Å²) in [4.78, 5) is 16.1. The molecule has 0 N–H and O–H groups in total. The molecule has 1 aromatic rings. The van der Waals surface area contributed by atoms with Crippen LogP contribution in [0.25, 0.3) is 0 Å². The lowest BCUT2D eigenvalue weighted by Gasteiger charge is -2.20. The minimum absolute atomic E-state index is 0.264. The van der Waals surface area contributed by atoms with E-state index in [-0.39, 0.29) is 5.91 Å². The highest BCUT2D eigenvalue weighted by Crippen LogP contribution is 2.35. The number of likely N-dealkylation sites (tertiary alicyclic amines) is 1. The zero-order valence-electron chi connectivity index (χ0n) is 12.0. The third kappa shape index (κ3) is 3.40. The summed E-state index contributed by atoms with van der Waals surface area (Å²) in [6, 6.07) is 2.18. The molecule has 3 rings (SSSR count). The molecule has 0 atom stereocenters. The van der Waals surface area contributed by atoms with Crippen LogP contribution in [-0.4, -0.2) is 35.4 Å². The van der Waals surface area contributed by atoms with Crippen LogP contribution in [0.3, 0.4) is 0 Å². The first kappa shape index (κ1) is 14.5. The summed E-state index contributed by atoms with van der Waals surface area (Å²) in [5, 5.41) is 2.09. The first-order valence-electron chi connectivity index (χ1n) is 7.80. The van der Waals surface area contributed by atoms with Gasteiger partial charge in [-0.05, 0) is 49.2 Å². The molecule has 1 aromatic heterocycles. The Balaban J connectivity index is 1.67. The smallest absolute Gasteiger partial charge is 0.254 e. The van der Waals surface area contributed by atoms with Crippen LogP contribution in [-0.2, 0) is 0 Å². The molecular weight excluding hydrogens is 286 g/mol. The van der Waals surface area contributed by atoms with Gasteiger partial charge in [-0.3, -0.25) is 4.79 Å². The van der Waals surface area contributed by atoms with Gasteiger partial charge in [0.1, 0.15) is 0 Å². The van der Waals surface area contributed by atoms with Gasteiger partial charge >= 0.3 is 0 Å². The summed E-state index contributed by atoms with van der Waals surface area (Å²) < 4.78 is 0. The lowest BCUT2D eigenvalue weighted by atomic mass is 10.0. The van der Waals surface area contributed by atoms with Crippen LogP contribution in [0.4, 0.5) is 0 Å². The summed E-state index contributed by atoms with van der Waals surface area (Å²) >= 11 is 3.86. The third-order valence-electron chi connectivity index (χ3n) is 4.38. The quantitative estimate of drug-likeness (QED) is 0.808. The molecule has 0 saturated carbocycles. The average molecular weight is 310 g/mol. The number of hydrogen-bond acceptors (Lipinski definition) is 3. The zero-order valence-corrected chi connectivity index (χ0v) is 13.6. The molecule has 110 valence electrons. The van der Waals surface area contributed by atoms with E-state index < -0.39 is 0 Å². The molecule has 0 spiro atoms. The van der Waals surface area contributed by atoms with Crippen molar-refractivity contribution >= 4 is 29.0 Å². The Labute approximate surface area is 129 Å². The SMILES string of the molecule is O=C(c1csc(C2CCSCC2)c1)N1CCCCCC1.